The fourth-order valence-corrected chi connectivity index (χ4v) is 1.70. The van der Waals surface area contributed by atoms with Gasteiger partial charge in [0.1, 0.15) is 5.82 Å². The van der Waals surface area contributed by atoms with Crippen molar-refractivity contribution >= 4 is 33.4 Å². The highest BCUT2D eigenvalue weighted by atomic mass is 79.9. The molecule has 0 spiro atoms. The van der Waals surface area contributed by atoms with Crippen LogP contribution in [-0.4, -0.2) is 18.1 Å². The van der Waals surface area contributed by atoms with E-state index in [4.69, 9.17) is 4.74 Å². The zero-order valence-corrected chi connectivity index (χ0v) is 11.3. The molecule has 0 aliphatic carbocycles. The molecule has 0 atom stereocenters. The molecule has 2 aromatic rings. The van der Waals surface area contributed by atoms with Gasteiger partial charge in [0.05, 0.1) is 18.4 Å². The highest BCUT2D eigenvalue weighted by molar-refractivity contribution is 9.10. The van der Waals surface area contributed by atoms with Crippen molar-refractivity contribution in [3.8, 4) is 0 Å². The second-order valence-electron chi connectivity index (χ2n) is 3.52. The summed E-state index contributed by atoms with van der Waals surface area (Å²) < 4.78 is 5.62. The van der Waals surface area contributed by atoms with E-state index in [9.17, 15) is 4.79 Å². The molecule has 0 unspecified atom stereocenters. The summed E-state index contributed by atoms with van der Waals surface area (Å²) in [7, 11) is 1.36. The largest absolute Gasteiger partial charge is 0.465 e. The maximum atomic E-state index is 11.6. The quantitative estimate of drug-likeness (QED) is 0.883. The van der Waals surface area contributed by atoms with E-state index in [1.54, 1.807) is 24.4 Å². The van der Waals surface area contributed by atoms with Gasteiger partial charge in [-0.2, -0.15) is 0 Å². The number of nitrogens with one attached hydrogen (secondary N) is 1. The highest BCUT2D eigenvalue weighted by Crippen LogP contribution is 2.21. The predicted molar refractivity (Wildman–Crippen MR) is 73.0 cm³/mol. The van der Waals surface area contributed by atoms with Crippen LogP contribution in [0.2, 0.25) is 0 Å². The molecule has 5 heteroatoms. The number of ether oxygens (including phenoxy) is 1. The van der Waals surface area contributed by atoms with Crippen LogP contribution in [0.1, 0.15) is 10.4 Å². The van der Waals surface area contributed by atoms with Crippen LogP contribution < -0.4 is 5.32 Å². The number of hydrogen-bond acceptors (Lipinski definition) is 4. The Kier molecular flexibility index (Phi) is 3.94. The van der Waals surface area contributed by atoms with Gasteiger partial charge in [0.2, 0.25) is 0 Å². The first-order valence-corrected chi connectivity index (χ1v) is 6.06. The van der Waals surface area contributed by atoms with Crippen molar-refractivity contribution in [3.63, 3.8) is 0 Å². The average molecular weight is 307 g/mol. The van der Waals surface area contributed by atoms with Crippen molar-refractivity contribution in [1.29, 1.82) is 0 Å². The van der Waals surface area contributed by atoms with E-state index in [0.717, 1.165) is 4.47 Å². The average Bonchev–Trinajstić information content (AvgIpc) is 2.41. The summed E-state index contributed by atoms with van der Waals surface area (Å²) in [5.41, 5.74) is 1.14. The van der Waals surface area contributed by atoms with Gasteiger partial charge < -0.3 is 10.1 Å². The summed E-state index contributed by atoms with van der Waals surface area (Å²) >= 11 is 3.32. The molecule has 4 nitrogen and oxygen atoms in total. The van der Waals surface area contributed by atoms with Crippen molar-refractivity contribution in [2.24, 2.45) is 0 Å². The minimum atomic E-state index is -0.379. The van der Waals surface area contributed by atoms with E-state index in [0.29, 0.717) is 17.1 Å². The van der Waals surface area contributed by atoms with Gasteiger partial charge in [0, 0.05) is 10.7 Å². The number of halogens is 1. The van der Waals surface area contributed by atoms with Crippen LogP contribution in [-0.2, 0) is 4.74 Å². The lowest BCUT2D eigenvalue weighted by molar-refractivity contribution is 0.0602. The van der Waals surface area contributed by atoms with Crippen LogP contribution in [0.15, 0.2) is 47.1 Å². The summed E-state index contributed by atoms with van der Waals surface area (Å²) in [5, 5.41) is 3.08. The molecule has 0 amide bonds. The smallest absolute Gasteiger partial charge is 0.339 e. The Balaban J connectivity index is 2.28. The number of aromatic nitrogens is 1. The van der Waals surface area contributed by atoms with Gasteiger partial charge in [-0.1, -0.05) is 12.1 Å². The number of benzene rings is 1. The summed E-state index contributed by atoms with van der Waals surface area (Å²) in [4.78, 5) is 15.8. The maximum absolute atomic E-state index is 11.6. The fourth-order valence-electron chi connectivity index (χ4n) is 1.47. The van der Waals surface area contributed by atoms with Crippen molar-refractivity contribution in [2.75, 3.05) is 12.4 Å². The van der Waals surface area contributed by atoms with Crippen LogP contribution in [0.5, 0.6) is 0 Å². The number of pyridine rings is 1. The molecule has 92 valence electrons. The summed E-state index contributed by atoms with van der Waals surface area (Å²) in [6, 6.07) is 10.8. The lowest BCUT2D eigenvalue weighted by Crippen LogP contribution is -2.05. The predicted octanol–water partition coefficient (Wildman–Crippen LogP) is 3.37. The third kappa shape index (κ3) is 2.87. The van der Waals surface area contributed by atoms with Crippen molar-refractivity contribution in [3.05, 3.63) is 52.6 Å². The summed E-state index contributed by atoms with van der Waals surface area (Å²) in [6.07, 6.45) is 1.68. The monoisotopic (exact) mass is 306 g/mol. The number of rotatable bonds is 3. The lowest BCUT2D eigenvalue weighted by atomic mass is 10.2. The van der Waals surface area contributed by atoms with Gasteiger partial charge in [-0.25, -0.2) is 9.78 Å². The molecule has 0 saturated heterocycles. The fraction of sp³-hybridized carbons (Fsp3) is 0.0769. The number of methoxy groups -OCH3 is 1. The van der Waals surface area contributed by atoms with Gasteiger partial charge in [-0.05, 0) is 40.2 Å². The van der Waals surface area contributed by atoms with Crippen LogP contribution in [0.25, 0.3) is 0 Å². The molecule has 1 aromatic heterocycles. The van der Waals surface area contributed by atoms with Crippen molar-refractivity contribution < 1.29 is 9.53 Å². The number of para-hydroxylation sites is 1. The van der Waals surface area contributed by atoms with Crippen LogP contribution >= 0.6 is 15.9 Å². The summed E-state index contributed by atoms with van der Waals surface area (Å²) in [6.45, 7) is 0. The van der Waals surface area contributed by atoms with Crippen LogP contribution in [0.4, 0.5) is 11.5 Å². The summed E-state index contributed by atoms with van der Waals surface area (Å²) in [5.74, 6) is 0.282. The molecule has 1 N–H and O–H groups in total. The molecule has 0 aliphatic rings. The Labute approximate surface area is 113 Å². The molecule has 2 rings (SSSR count). The number of nitrogens with zero attached hydrogens (tertiary/aromatic N) is 1. The Hall–Kier alpha value is -1.88. The number of carbonyl (C=O) groups is 1. The van der Waals surface area contributed by atoms with E-state index in [-0.39, 0.29) is 5.97 Å². The molecule has 1 aromatic carbocycles. The molecule has 18 heavy (non-hydrogen) atoms. The Morgan fingerprint density at radius 1 is 1.28 bits per heavy atom. The maximum Gasteiger partial charge on any atom is 0.339 e. The molecule has 0 saturated carbocycles. The Morgan fingerprint density at radius 3 is 2.72 bits per heavy atom. The zero-order chi connectivity index (χ0) is 13.0. The van der Waals surface area contributed by atoms with E-state index >= 15 is 0 Å². The first kappa shape index (κ1) is 12.6. The zero-order valence-electron chi connectivity index (χ0n) is 9.68. The number of anilines is 2. The van der Waals surface area contributed by atoms with E-state index in [2.05, 4.69) is 26.2 Å². The normalized spacial score (nSPS) is 9.89. The molecule has 0 bridgehead atoms. The Morgan fingerprint density at radius 2 is 2.06 bits per heavy atom. The third-order valence-corrected chi connectivity index (χ3v) is 2.79. The highest BCUT2D eigenvalue weighted by Gasteiger charge is 2.11. The molecule has 0 radical (unpaired) electrons. The van der Waals surface area contributed by atoms with Crippen LogP contribution in [0, 0.1) is 0 Å². The molecular formula is C13H11BrN2O2. The van der Waals surface area contributed by atoms with Gasteiger partial charge >= 0.3 is 5.97 Å². The second kappa shape index (κ2) is 5.64. The lowest BCUT2D eigenvalue weighted by Gasteiger charge is -2.09. The minimum Gasteiger partial charge on any atom is -0.465 e. The molecular weight excluding hydrogens is 296 g/mol. The van der Waals surface area contributed by atoms with Crippen molar-refractivity contribution in [1.82, 2.24) is 4.98 Å². The van der Waals surface area contributed by atoms with Gasteiger partial charge in [-0.15, -0.1) is 0 Å². The van der Waals surface area contributed by atoms with E-state index < -0.39 is 0 Å². The third-order valence-electron chi connectivity index (χ3n) is 2.32. The number of hydrogen-bond donors (Lipinski definition) is 1. The Bertz CT molecular complexity index is 555. The topological polar surface area (TPSA) is 51.2 Å². The molecule has 0 aliphatic heterocycles. The molecule has 1 heterocycles. The number of carbonyl (C=O) groups excluding carboxylic acids is 1. The van der Waals surface area contributed by atoms with Crippen molar-refractivity contribution in [2.45, 2.75) is 0 Å². The first-order chi connectivity index (χ1) is 8.70. The minimum absolute atomic E-state index is 0.379. The van der Waals surface area contributed by atoms with Gasteiger partial charge in [0.15, 0.2) is 0 Å². The van der Waals surface area contributed by atoms with Crippen LogP contribution in [0.3, 0.4) is 0 Å². The molecule has 0 fully saturated rings. The van der Waals surface area contributed by atoms with E-state index in [1.165, 1.54) is 7.11 Å². The van der Waals surface area contributed by atoms with Gasteiger partial charge in [0.25, 0.3) is 0 Å². The first-order valence-electron chi connectivity index (χ1n) is 5.26. The standard InChI is InChI=1S/C13H11BrN2O2/c1-18-13(17)10-4-2-3-5-11(10)16-12-7-6-9(14)8-15-12/h2-8H,1H3,(H,15,16). The number of esters is 1. The van der Waals surface area contributed by atoms with Gasteiger partial charge in [-0.3, -0.25) is 0 Å². The second-order valence-corrected chi connectivity index (χ2v) is 4.44. The SMILES string of the molecule is COC(=O)c1ccccc1Nc1ccc(Br)cn1. The van der Waals surface area contributed by atoms with E-state index in [1.807, 2.05) is 18.2 Å².